The summed E-state index contributed by atoms with van der Waals surface area (Å²) in [5, 5.41) is 21.1. The van der Waals surface area contributed by atoms with Crippen LogP contribution in [0.2, 0.25) is 0 Å². The molecule has 5 nitrogen and oxygen atoms in total. The highest BCUT2D eigenvalue weighted by Gasteiger charge is 2.19. The molecule has 1 aromatic carbocycles. The van der Waals surface area contributed by atoms with Gasteiger partial charge in [0.15, 0.2) is 0 Å². The second-order valence-electron chi connectivity index (χ2n) is 4.41. The zero-order chi connectivity index (χ0) is 13.0. The fourth-order valence-electron chi connectivity index (χ4n) is 1.59. The molecule has 0 aliphatic heterocycles. The number of aliphatic hydroxyl groups is 1. The fraction of sp³-hybridized carbons (Fsp3) is 0.417. The van der Waals surface area contributed by atoms with E-state index < -0.39 is 5.60 Å². The van der Waals surface area contributed by atoms with Crippen molar-refractivity contribution in [3.8, 4) is 0 Å². The topological polar surface area (TPSA) is 70.9 Å². The summed E-state index contributed by atoms with van der Waals surface area (Å²) in [6.07, 6.45) is 1.96. The summed E-state index contributed by atoms with van der Waals surface area (Å²) in [4.78, 5) is 4.34. The summed E-state index contributed by atoms with van der Waals surface area (Å²) in [7, 11) is 0. The summed E-state index contributed by atoms with van der Waals surface area (Å²) >= 11 is 1.60. The molecular formula is C12H16N4OS. The molecule has 0 fully saturated rings. The van der Waals surface area contributed by atoms with Crippen LogP contribution >= 0.6 is 11.8 Å². The summed E-state index contributed by atoms with van der Waals surface area (Å²) in [5.41, 5.74) is 0.771. The van der Waals surface area contributed by atoms with Crippen molar-refractivity contribution in [2.75, 3.05) is 23.9 Å². The van der Waals surface area contributed by atoms with Gasteiger partial charge in [-0.25, -0.2) is 4.98 Å². The summed E-state index contributed by atoms with van der Waals surface area (Å²) in [5.74, 6) is 1.09. The van der Waals surface area contributed by atoms with Crippen LogP contribution in [0.25, 0.3) is 11.0 Å². The van der Waals surface area contributed by atoms with Crippen molar-refractivity contribution in [1.82, 2.24) is 15.2 Å². The molecule has 6 heteroatoms. The number of benzene rings is 1. The number of fused-ring (bicyclic) bond motifs is 1. The van der Waals surface area contributed by atoms with Gasteiger partial charge in [-0.05, 0) is 25.3 Å². The Kier molecular flexibility index (Phi) is 3.98. The first-order valence-electron chi connectivity index (χ1n) is 5.65. The summed E-state index contributed by atoms with van der Waals surface area (Å²) in [6, 6.07) is 7.55. The third-order valence-corrected chi connectivity index (χ3v) is 3.35. The van der Waals surface area contributed by atoms with Crippen LogP contribution in [0, 0.1) is 0 Å². The van der Waals surface area contributed by atoms with Crippen LogP contribution in [-0.2, 0) is 0 Å². The van der Waals surface area contributed by atoms with Gasteiger partial charge in [0.25, 0.3) is 0 Å². The lowest BCUT2D eigenvalue weighted by atomic mass is 10.1. The molecule has 1 heterocycles. The monoisotopic (exact) mass is 264 g/mol. The smallest absolute Gasteiger partial charge is 0.243 e. The van der Waals surface area contributed by atoms with E-state index in [0.717, 1.165) is 11.0 Å². The zero-order valence-corrected chi connectivity index (χ0v) is 11.2. The second-order valence-corrected chi connectivity index (χ2v) is 5.27. The number of aromatic nitrogens is 3. The summed E-state index contributed by atoms with van der Waals surface area (Å²) in [6.45, 7) is 2.18. The first-order chi connectivity index (χ1) is 8.61. The minimum absolute atomic E-state index is 0.397. The Hall–Kier alpha value is -1.40. The maximum atomic E-state index is 10.0. The highest BCUT2D eigenvalue weighted by molar-refractivity contribution is 7.98. The number of thioether (sulfide) groups is 1. The standard InChI is InChI=1S/C12H16N4OS/c1-12(17,8-18-2)7-13-11-14-9-5-3-4-6-10(9)15-16-11/h3-6,17H,7-8H2,1-2H3,(H,13,14,16). The van der Waals surface area contributed by atoms with Crippen LogP contribution in [0.1, 0.15) is 6.92 Å². The third kappa shape index (κ3) is 3.30. The van der Waals surface area contributed by atoms with Gasteiger partial charge < -0.3 is 10.4 Å². The molecule has 18 heavy (non-hydrogen) atoms. The molecule has 0 bridgehead atoms. The Morgan fingerprint density at radius 3 is 2.72 bits per heavy atom. The molecule has 0 aliphatic rings. The Morgan fingerprint density at radius 2 is 2.00 bits per heavy atom. The molecule has 2 aromatic rings. The van der Waals surface area contributed by atoms with E-state index in [0.29, 0.717) is 18.2 Å². The molecule has 1 aromatic heterocycles. The van der Waals surface area contributed by atoms with Crippen LogP contribution < -0.4 is 5.32 Å². The largest absolute Gasteiger partial charge is 0.387 e. The Balaban J connectivity index is 2.08. The van der Waals surface area contributed by atoms with Crippen molar-refractivity contribution in [3.63, 3.8) is 0 Å². The average molecular weight is 264 g/mol. The molecule has 1 atom stereocenters. The molecule has 0 spiro atoms. The van der Waals surface area contributed by atoms with Gasteiger partial charge in [-0.2, -0.15) is 11.8 Å². The lowest BCUT2D eigenvalue weighted by Crippen LogP contribution is -2.36. The minimum Gasteiger partial charge on any atom is -0.387 e. The number of anilines is 1. The van der Waals surface area contributed by atoms with E-state index in [1.807, 2.05) is 30.5 Å². The molecule has 1 unspecified atom stereocenters. The van der Waals surface area contributed by atoms with Crippen molar-refractivity contribution in [2.24, 2.45) is 0 Å². The Morgan fingerprint density at radius 1 is 1.28 bits per heavy atom. The van der Waals surface area contributed by atoms with Crippen molar-refractivity contribution < 1.29 is 5.11 Å². The molecule has 2 rings (SSSR count). The predicted octanol–water partition coefficient (Wildman–Crippen LogP) is 1.55. The first kappa shape index (κ1) is 13.0. The van der Waals surface area contributed by atoms with E-state index in [-0.39, 0.29) is 0 Å². The van der Waals surface area contributed by atoms with E-state index >= 15 is 0 Å². The first-order valence-corrected chi connectivity index (χ1v) is 7.05. The molecule has 0 aliphatic carbocycles. The maximum absolute atomic E-state index is 10.0. The normalized spacial score (nSPS) is 14.4. The lowest BCUT2D eigenvalue weighted by Gasteiger charge is -2.22. The van der Waals surface area contributed by atoms with E-state index in [4.69, 9.17) is 0 Å². The number of para-hydroxylation sites is 1. The van der Waals surface area contributed by atoms with Gasteiger partial charge in [-0.3, -0.25) is 0 Å². The van der Waals surface area contributed by atoms with Crippen LogP contribution in [0.3, 0.4) is 0 Å². The number of nitrogens with one attached hydrogen (secondary N) is 1. The number of hydrogen-bond acceptors (Lipinski definition) is 6. The molecule has 96 valence electrons. The minimum atomic E-state index is -0.783. The van der Waals surface area contributed by atoms with Gasteiger partial charge in [-0.15, -0.1) is 10.2 Å². The SMILES string of the molecule is CSCC(C)(O)CNc1nnc2ccccc2n1. The third-order valence-electron chi connectivity index (χ3n) is 2.44. The van der Waals surface area contributed by atoms with Crippen LogP contribution in [-0.4, -0.2) is 44.4 Å². The Labute approximate surface area is 110 Å². The van der Waals surface area contributed by atoms with Gasteiger partial charge in [-0.1, -0.05) is 12.1 Å². The van der Waals surface area contributed by atoms with Crippen molar-refractivity contribution >= 4 is 28.7 Å². The summed E-state index contributed by atoms with van der Waals surface area (Å²) < 4.78 is 0. The van der Waals surface area contributed by atoms with Crippen molar-refractivity contribution in [2.45, 2.75) is 12.5 Å². The second kappa shape index (κ2) is 5.49. The van der Waals surface area contributed by atoms with Crippen molar-refractivity contribution in [3.05, 3.63) is 24.3 Å². The van der Waals surface area contributed by atoms with Crippen LogP contribution in [0.4, 0.5) is 5.95 Å². The van der Waals surface area contributed by atoms with Gasteiger partial charge >= 0.3 is 0 Å². The molecular weight excluding hydrogens is 248 g/mol. The lowest BCUT2D eigenvalue weighted by molar-refractivity contribution is 0.0995. The molecule has 0 amide bonds. The van der Waals surface area contributed by atoms with Gasteiger partial charge in [0, 0.05) is 12.3 Å². The fourth-order valence-corrected chi connectivity index (χ4v) is 2.31. The molecule has 2 N–H and O–H groups in total. The highest BCUT2D eigenvalue weighted by Crippen LogP contribution is 2.12. The van der Waals surface area contributed by atoms with Crippen LogP contribution in [0.15, 0.2) is 24.3 Å². The quantitative estimate of drug-likeness (QED) is 0.854. The predicted molar refractivity (Wildman–Crippen MR) is 74.8 cm³/mol. The highest BCUT2D eigenvalue weighted by atomic mass is 32.2. The average Bonchev–Trinajstić information content (AvgIpc) is 2.36. The molecule has 0 saturated carbocycles. The molecule has 0 saturated heterocycles. The van der Waals surface area contributed by atoms with E-state index in [1.54, 1.807) is 18.7 Å². The maximum Gasteiger partial charge on any atom is 0.243 e. The molecule has 0 radical (unpaired) electrons. The van der Waals surface area contributed by atoms with E-state index in [1.165, 1.54) is 0 Å². The van der Waals surface area contributed by atoms with Gasteiger partial charge in [0.05, 0.1) is 11.1 Å². The number of hydrogen-bond donors (Lipinski definition) is 2. The van der Waals surface area contributed by atoms with Gasteiger partial charge in [0.1, 0.15) is 5.52 Å². The number of nitrogens with zero attached hydrogens (tertiary/aromatic N) is 3. The number of rotatable bonds is 5. The van der Waals surface area contributed by atoms with Gasteiger partial charge in [0.2, 0.25) is 5.95 Å². The van der Waals surface area contributed by atoms with Crippen molar-refractivity contribution in [1.29, 1.82) is 0 Å². The van der Waals surface area contributed by atoms with E-state index in [9.17, 15) is 5.11 Å². The Bertz CT molecular complexity index is 532. The zero-order valence-electron chi connectivity index (χ0n) is 10.4. The van der Waals surface area contributed by atoms with E-state index in [2.05, 4.69) is 20.5 Å². The van der Waals surface area contributed by atoms with Crippen LogP contribution in [0.5, 0.6) is 0 Å².